The zero-order valence-electron chi connectivity index (χ0n) is 8.32. The topological polar surface area (TPSA) is 61.0 Å². The standard InChI is InChI=1S/C10H6BrCl2N3O/c11-7-9(14)15-4-16-10(7)17-6-3-1-2-5(12)8(6)13/h1-4H,(H2,14,15,16). The predicted octanol–water partition coefficient (Wildman–Crippen LogP) is 3.92. The molecule has 0 aliphatic heterocycles. The van der Waals surface area contributed by atoms with Crippen molar-refractivity contribution in [2.45, 2.75) is 0 Å². The van der Waals surface area contributed by atoms with Gasteiger partial charge in [0.15, 0.2) is 0 Å². The molecule has 88 valence electrons. The number of halogens is 3. The minimum absolute atomic E-state index is 0.279. The zero-order valence-corrected chi connectivity index (χ0v) is 11.4. The van der Waals surface area contributed by atoms with E-state index in [1.165, 1.54) is 6.33 Å². The first kappa shape index (κ1) is 12.4. The van der Waals surface area contributed by atoms with E-state index in [0.717, 1.165) is 0 Å². The molecule has 2 rings (SSSR count). The van der Waals surface area contributed by atoms with E-state index in [1.807, 2.05) is 0 Å². The van der Waals surface area contributed by atoms with Gasteiger partial charge in [-0.2, -0.15) is 0 Å². The second-order valence-corrected chi connectivity index (χ2v) is 4.61. The molecule has 2 aromatic rings. The van der Waals surface area contributed by atoms with Crippen LogP contribution in [0.3, 0.4) is 0 Å². The Morgan fingerprint density at radius 1 is 1.24 bits per heavy atom. The highest BCUT2D eigenvalue weighted by Gasteiger charge is 2.11. The molecule has 0 amide bonds. The Morgan fingerprint density at radius 3 is 2.76 bits per heavy atom. The van der Waals surface area contributed by atoms with E-state index < -0.39 is 0 Å². The average molecular weight is 335 g/mol. The Labute approximate surface area is 116 Å². The van der Waals surface area contributed by atoms with Gasteiger partial charge >= 0.3 is 0 Å². The highest BCUT2D eigenvalue weighted by molar-refractivity contribution is 9.10. The van der Waals surface area contributed by atoms with Gasteiger partial charge in [0.2, 0.25) is 5.88 Å². The summed E-state index contributed by atoms with van der Waals surface area (Å²) < 4.78 is 5.98. The van der Waals surface area contributed by atoms with Crippen LogP contribution >= 0.6 is 39.1 Å². The maximum atomic E-state index is 5.99. The molecular weight excluding hydrogens is 329 g/mol. The van der Waals surface area contributed by atoms with Crippen LogP contribution in [0.5, 0.6) is 11.6 Å². The fourth-order valence-electron chi connectivity index (χ4n) is 1.10. The first-order valence-electron chi connectivity index (χ1n) is 4.47. The normalized spacial score (nSPS) is 10.3. The lowest BCUT2D eigenvalue weighted by atomic mass is 10.3. The van der Waals surface area contributed by atoms with Gasteiger partial charge in [0, 0.05) is 0 Å². The van der Waals surface area contributed by atoms with Gasteiger partial charge < -0.3 is 10.5 Å². The fraction of sp³-hybridized carbons (Fsp3) is 0. The van der Waals surface area contributed by atoms with Crippen LogP contribution in [0.25, 0.3) is 0 Å². The maximum absolute atomic E-state index is 5.99. The summed E-state index contributed by atoms with van der Waals surface area (Å²) in [6.07, 6.45) is 1.30. The van der Waals surface area contributed by atoms with E-state index >= 15 is 0 Å². The summed E-state index contributed by atoms with van der Waals surface area (Å²) in [5.41, 5.74) is 5.61. The van der Waals surface area contributed by atoms with Crippen molar-refractivity contribution in [3.8, 4) is 11.6 Å². The number of nitrogen functional groups attached to an aromatic ring is 1. The predicted molar refractivity (Wildman–Crippen MR) is 70.7 cm³/mol. The van der Waals surface area contributed by atoms with Crippen molar-refractivity contribution < 1.29 is 4.74 Å². The number of hydrogen-bond donors (Lipinski definition) is 1. The lowest BCUT2D eigenvalue weighted by Crippen LogP contribution is -1.97. The molecule has 7 heteroatoms. The summed E-state index contributed by atoms with van der Waals surface area (Å²) in [7, 11) is 0. The molecule has 4 nitrogen and oxygen atoms in total. The van der Waals surface area contributed by atoms with Crippen LogP contribution in [-0.4, -0.2) is 9.97 Å². The van der Waals surface area contributed by atoms with Gasteiger partial charge in [0.25, 0.3) is 0 Å². The third-order valence-electron chi connectivity index (χ3n) is 1.91. The van der Waals surface area contributed by atoms with Crippen LogP contribution in [-0.2, 0) is 0 Å². The molecule has 2 N–H and O–H groups in total. The van der Waals surface area contributed by atoms with Gasteiger partial charge in [0.1, 0.15) is 27.4 Å². The van der Waals surface area contributed by atoms with Crippen molar-refractivity contribution in [3.63, 3.8) is 0 Å². The van der Waals surface area contributed by atoms with Gasteiger partial charge in [0.05, 0.1) is 5.02 Å². The molecule has 1 aromatic heterocycles. The monoisotopic (exact) mass is 333 g/mol. The minimum atomic E-state index is 0.279. The summed E-state index contributed by atoms with van der Waals surface area (Å²) in [4.78, 5) is 7.74. The van der Waals surface area contributed by atoms with Gasteiger partial charge in [-0.15, -0.1) is 0 Å². The van der Waals surface area contributed by atoms with E-state index in [-0.39, 0.29) is 11.7 Å². The number of anilines is 1. The molecule has 0 unspecified atom stereocenters. The van der Waals surface area contributed by atoms with Crippen molar-refractivity contribution in [3.05, 3.63) is 39.0 Å². The van der Waals surface area contributed by atoms with Crippen molar-refractivity contribution >= 4 is 44.9 Å². The molecule has 0 atom stereocenters. The Morgan fingerprint density at radius 2 is 2.00 bits per heavy atom. The number of ether oxygens (including phenoxy) is 1. The molecule has 0 saturated heterocycles. The summed E-state index contributed by atoms with van der Waals surface area (Å²) in [5.74, 6) is 0.966. The molecule has 1 heterocycles. The van der Waals surface area contributed by atoms with Crippen molar-refractivity contribution in [2.24, 2.45) is 0 Å². The van der Waals surface area contributed by atoms with E-state index in [2.05, 4.69) is 25.9 Å². The van der Waals surface area contributed by atoms with Crippen LogP contribution in [0.4, 0.5) is 5.82 Å². The average Bonchev–Trinajstić information content (AvgIpc) is 2.31. The quantitative estimate of drug-likeness (QED) is 0.904. The van der Waals surface area contributed by atoms with E-state index in [4.69, 9.17) is 33.7 Å². The Bertz CT molecular complexity index is 516. The van der Waals surface area contributed by atoms with Crippen molar-refractivity contribution in [1.29, 1.82) is 0 Å². The molecule has 0 radical (unpaired) electrons. The third-order valence-corrected chi connectivity index (χ3v) is 3.45. The molecule has 0 spiro atoms. The summed E-state index contributed by atoms with van der Waals surface area (Å²) >= 11 is 15.1. The van der Waals surface area contributed by atoms with Crippen LogP contribution < -0.4 is 10.5 Å². The molecule has 0 saturated carbocycles. The molecule has 0 aliphatic carbocycles. The van der Waals surface area contributed by atoms with Gasteiger partial charge in [-0.1, -0.05) is 29.3 Å². The largest absolute Gasteiger partial charge is 0.436 e. The molecule has 1 aromatic carbocycles. The Hall–Kier alpha value is -1.04. The number of hydrogen-bond acceptors (Lipinski definition) is 4. The summed E-state index contributed by atoms with van der Waals surface area (Å²) in [6.45, 7) is 0. The lowest BCUT2D eigenvalue weighted by molar-refractivity contribution is 0.459. The molecule has 0 fully saturated rings. The van der Waals surface area contributed by atoms with E-state index in [1.54, 1.807) is 18.2 Å². The van der Waals surface area contributed by atoms with Crippen LogP contribution in [0.15, 0.2) is 29.0 Å². The molecule has 0 bridgehead atoms. The fourth-order valence-corrected chi connectivity index (χ4v) is 1.72. The minimum Gasteiger partial charge on any atom is -0.436 e. The van der Waals surface area contributed by atoms with Gasteiger partial charge in [-0.3, -0.25) is 0 Å². The third kappa shape index (κ3) is 2.62. The summed E-state index contributed by atoms with van der Waals surface area (Å²) in [6, 6.07) is 5.07. The second-order valence-electron chi connectivity index (χ2n) is 3.03. The van der Waals surface area contributed by atoms with Crippen molar-refractivity contribution in [2.75, 3.05) is 5.73 Å². The number of nitrogens with zero attached hydrogens (tertiary/aromatic N) is 2. The Kier molecular flexibility index (Phi) is 3.71. The molecule has 17 heavy (non-hydrogen) atoms. The van der Waals surface area contributed by atoms with E-state index in [9.17, 15) is 0 Å². The molecular formula is C10H6BrCl2N3O. The number of nitrogens with two attached hydrogens (primary N) is 1. The number of rotatable bonds is 2. The highest BCUT2D eigenvalue weighted by Crippen LogP contribution is 2.36. The maximum Gasteiger partial charge on any atom is 0.238 e. The molecule has 0 aliphatic rings. The number of benzene rings is 1. The first-order chi connectivity index (χ1) is 8.09. The van der Waals surface area contributed by atoms with Crippen molar-refractivity contribution in [1.82, 2.24) is 9.97 Å². The van der Waals surface area contributed by atoms with E-state index in [0.29, 0.717) is 20.3 Å². The first-order valence-corrected chi connectivity index (χ1v) is 6.02. The summed E-state index contributed by atoms with van der Waals surface area (Å²) in [5, 5.41) is 0.723. The van der Waals surface area contributed by atoms with Crippen LogP contribution in [0.2, 0.25) is 10.0 Å². The second kappa shape index (κ2) is 5.08. The Balaban J connectivity index is 2.38. The lowest BCUT2D eigenvalue weighted by Gasteiger charge is -2.09. The highest BCUT2D eigenvalue weighted by atomic mass is 79.9. The SMILES string of the molecule is Nc1ncnc(Oc2cccc(Cl)c2Cl)c1Br. The van der Waals surface area contributed by atoms with Crippen LogP contribution in [0.1, 0.15) is 0 Å². The van der Waals surface area contributed by atoms with Crippen LogP contribution in [0, 0.1) is 0 Å². The smallest absolute Gasteiger partial charge is 0.238 e. The van der Waals surface area contributed by atoms with Gasteiger partial charge in [-0.25, -0.2) is 9.97 Å². The van der Waals surface area contributed by atoms with Gasteiger partial charge in [-0.05, 0) is 28.1 Å². The number of aromatic nitrogens is 2. The zero-order chi connectivity index (χ0) is 12.4.